The number of rotatable bonds is 6. The second kappa shape index (κ2) is 6.60. The van der Waals surface area contributed by atoms with Crippen molar-refractivity contribution >= 4 is 29.2 Å². The van der Waals surface area contributed by atoms with E-state index < -0.39 is 0 Å². The van der Waals surface area contributed by atoms with Gasteiger partial charge in [-0.25, -0.2) is 0 Å². The normalized spacial score (nSPS) is 21.2. The fourth-order valence-corrected chi connectivity index (χ4v) is 2.46. The third-order valence-corrected chi connectivity index (χ3v) is 3.86. The van der Waals surface area contributed by atoms with Crippen LogP contribution in [0.3, 0.4) is 0 Å². The first kappa shape index (κ1) is 14.6. The Morgan fingerprint density at radius 2 is 2.05 bits per heavy atom. The molecule has 0 bridgehead atoms. The van der Waals surface area contributed by atoms with Gasteiger partial charge in [0.15, 0.2) is 0 Å². The van der Waals surface area contributed by atoms with E-state index in [9.17, 15) is 4.79 Å². The number of esters is 1. The first-order valence-corrected chi connectivity index (χ1v) is 7.06. The lowest BCUT2D eigenvalue weighted by Crippen LogP contribution is -2.09. The Morgan fingerprint density at radius 1 is 1.37 bits per heavy atom. The van der Waals surface area contributed by atoms with Gasteiger partial charge in [-0.05, 0) is 31.4 Å². The van der Waals surface area contributed by atoms with Crippen LogP contribution in [0.2, 0.25) is 10.0 Å². The Morgan fingerprint density at radius 3 is 2.68 bits per heavy atom. The van der Waals surface area contributed by atoms with Crippen LogP contribution < -0.4 is 0 Å². The van der Waals surface area contributed by atoms with Crippen molar-refractivity contribution in [3.05, 3.63) is 33.8 Å². The van der Waals surface area contributed by atoms with Crippen molar-refractivity contribution in [1.82, 2.24) is 0 Å². The van der Waals surface area contributed by atoms with E-state index in [1.807, 2.05) is 6.92 Å². The molecule has 19 heavy (non-hydrogen) atoms. The van der Waals surface area contributed by atoms with Crippen molar-refractivity contribution < 1.29 is 14.3 Å². The number of halogens is 2. The number of ether oxygens (including phenoxy) is 2. The minimum atomic E-state index is -0.119. The van der Waals surface area contributed by atoms with E-state index in [1.54, 1.807) is 18.2 Å². The van der Waals surface area contributed by atoms with Crippen LogP contribution in [0.25, 0.3) is 0 Å². The largest absolute Gasteiger partial charge is 0.466 e. The quantitative estimate of drug-likeness (QED) is 0.752. The molecular weight excluding hydrogens is 287 g/mol. The van der Waals surface area contributed by atoms with Crippen LogP contribution in [0.15, 0.2) is 18.2 Å². The van der Waals surface area contributed by atoms with E-state index in [0.717, 1.165) is 12.0 Å². The molecule has 5 heteroatoms. The molecule has 0 N–H and O–H groups in total. The van der Waals surface area contributed by atoms with Gasteiger partial charge < -0.3 is 9.47 Å². The van der Waals surface area contributed by atoms with Crippen molar-refractivity contribution in [2.75, 3.05) is 13.2 Å². The Hall–Kier alpha value is -0.770. The zero-order chi connectivity index (χ0) is 13.8. The molecule has 0 aromatic heterocycles. The zero-order valence-electron chi connectivity index (χ0n) is 10.7. The maximum atomic E-state index is 11.4. The topological polar surface area (TPSA) is 35.5 Å². The van der Waals surface area contributed by atoms with Crippen LogP contribution in [-0.2, 0) is 20.9 Å². The average molecular weight is 303 g/mol. The first-order chi connectivity index (χ1) is 9.13. The third kappa shape index (κ3) is 3.85. The molecule has 0 heterocycles. The van der Waals surface area contributed by atoms with Gasteiger partial charge in [0.05, 0.1) is 25.7 Å². The molecule has 0 radical (unpaired) electrons. The Labute approximate surface area is 122 Å². The van der Waals surface area contributed by atoms with Crippen LogP contribution in [0.5, 0.6) is 0 Å². The van der Waals surface area contributed by atoms with E-state index in [2.05, 4.69) is 0 Å². The predicted molar refractivity (Wildman–Crippen MR) is 74.3 cm³/mol. The SMILES string of the molecule is CCOC(=O)C1CC1COCc1c(Cl)cccc1Cl. The van der Waals surface area contributed by atoms with Crippen molar-refractivity contribution in [1.29, 1.82) is 0 Å². The molecule has 1 aromatic carbocycles. The molecule has 2 atom stereocenters. The van der Waals surface area contributed by atoms with E-state index >= 15 is 0 Å². The monoisotopic (exact) mass is 302 g/mol. The van der Waals surface area contributed by atoms with Crippen LogP contribution >= 0.6 is 23.2 Å². The van der Waals surface area contributed by atoms with Gasteiger partial charge in [0, 0.05) is 15.6 Å². The summed E-state index contributed by atoms with van der Waals surface area (Å²) >= 11 is 12.1. The molecule has 1 aromatic rings. The average Bonchev–Trinajstić information content (AvgIpc) is 3.13. The maximum Gasteiger partial charge on any atom is 0.309 e. The smallest absolute Gasteiger partial charge is 0.309 e. The maximum absolute atomic E-state index is 11.4. The molecule has 0 aliphatic heterocycles. The zero-order valence-corrected chi connectivity index (χ0v) is 12.2. The molecule has 2 rings (SSSR count). The second-order valence-corrected chi connectivity index (χ2v) is 5.38. The van der Waals surface area contributed by atoms with Crippen molar-refractivity contribution in [2.45, 2.75) is 20.0 Å². The molecule has 104 valence electrons. The third-order valence-electron chi connectivity index (χ3n) is 3.15. The standard InChI is InChI=1S/C14H16Cl2O3/c1-2-19-14(17)10-6-9(10)7-18-8-11-12(15)4-3-5-13(11)16/h3-5,9-10H,2,6-8H2,1H3. The van der Waals surface area contributed by atoms with Crippen LogP contribution in [0, 0.1) is 11.8 Å². The number of carbonyl (C=O) groups excluding carboxylic acids is 1. The van der Waals surface area contributed by atoms with Gasteiger partial charge in [0.1, 0.15) is 0 Å². The van der Waals surface area contributed by atoms with E-state index in [4.69, 9.17) is 32.7 Å². The van der Waals surface area contributed by atoms with Gasteiger partial charge in [-0.1, -0.05) is 29.3 Å². The predicted octanol–water partition coefficient (Wildman–Crippen LogP) is 3.71. The van der Waals surface area contributed by atoms with E-state index in [0.29, 0.717) is 29.9 Å². The molecule has 1 aliphatic rings. The highest BCUT2D eigenvalue weighted by atomic mass is 35.5. The van der Waals surface area contributed by atoms with Gasteiger partial charge in [-0.3, -0.25) is 4.79 Å². The van der Waals surface area contributed by atoms with Gasteiger partial charge in [-0.15, -0.1) is 0 Å². The molecule has 1 saturated carbocycles. The summed E-state index contributed by atoms with van der Waals surface area (Å²) in [6.07, 6.45) is 0.842. The van der Waals surface area contributed by atoms with Crippen molar-refractivity contribution in [2.24, 2.45) is 11.8 Å². The minimum Gasteiger partial charge on any atom is -0.466 e. The highest BCUT2D eigenvalue weighted by Crippen LogP contribution is 2.40. The summed E-state index contributed by atoms with van der Waals surface area (Å²) < 4.78 is 10.5. The summed E-state index contributed by atoms with van der Waals surface area (Å²) in [5.41, 5.74) is 0.791. The van der Waals surface area contributed by atoms with Gasteiger partial charge >= 0.3 is 5.97 Å². The van der Waals surface area contributed by atoms with E-state index in [1.165, 1.54) is 0 Å². The fourth-order valence-electron chi connectivity index (χ4n) is 1.95. The van der Waals surface area contributed by atoms with Crippen LogP contribution in [0.4, 0.5) is 0 Å². The lowest BCUT2D eigenvalue weighted by Gasteiger charge is -2.08. The summed E-state index contributed by atoms with van der Waals surface area (Å²) in [5, 5.41) is 1.20. The molecule has 0 amide bonds. The number of hydrogen-bond acceptors (Lipinski definition) is 3. The minimum absolute atomic E-state index is 0.00154. The lowest BCUT2D eigenvalue weighted by atomic mass is 10.2. The first-order valence-electron chi connectivity index (χ1n) is 6.30. The Kier molecular flexibility index (Phi) is 5.08. The molecule has 1 fully saturated rings. The van der Waals surface area contributed by atoms with Crippen LogP contribution in [-0.4, -0.2) is 19.2 Å². The number of benzene rings is 1. The molecule has 0 saturated heterocycles. The summed E-state index contributed by atoms with van der Waals surface area (Å²) in [5.74, 6) is 0.147. The molecule has 1 aliphatic carbocycles. The highest BCUT2D eigenvalue weighted by Gasteiger charge is 2.44. The van der Waals surface area contributed by atoms with Gasteiger partial charge in [0.25, 0.3) is 0 Å². The van der Waals surface area contributed by atoms with Gasteiger partial charge in [-0.2, -0.15) is 0 Å². The van der Waals surface area contributed by atoms with E-state index in [-0.39, 0.29) is 17.8 Å². The molecular formula is C14H16Cl2O3. The van der Waals surface area contributed by atoms with Gasteiger partial charge in [0.2, 0.25) is 0 Å². The summed E-state index contributed by atoms with van der Waals surface area (Å²) in [6.45, 7) is 3.14. The molecule has 3 nitrogen and oxygen atoms in total. The molecule has 0 spiro atoms. The molecule has 2 unspecified atom stereocenters. The fraction of sp³-hybridized carbons (Fsp3) is 0.500. The second-order valence-electron chi connectivity index (χ2n) is 4.57. The van der Waals surface area contributed by atoms with Crippen molar-refractivity contribution in [3.8, 4) is 0 Å². The number of hydrogen-bond donors (Lipinski definition) is 0. The highest BCUT2D eigenvalue weighted by molar-refractivity contribution is 6.35. The summed E-state index contributed by atoms with van der Waals surface area (Å²) in [6, 6.07) is 5.36. The summed E-state index contributed by atoms with van der Waals surface area (Å²) in [7, 11) is 0. The number of carbonyl (C=O) groups is 1. The summed E-state index contributed by atoms with van der Waals surface area (Å²) in [4.78, 5) is 11.4. The Bertz CT molecular complexity index is 442. The Balaban J connectivity index is 1.75. The van der Waals surface area contributed by atoms with Crippen LogP contribution in [0.1, 0.15) is 18.9 Å². The lowest BCUT2D eigenvalue weighted by molar-refractivity contribution is -0.145. The van der Waals surface area contributed by atoms with Crippen molar-refractivity contribution in [3.63, 3.8) is 0 Å².